The number of esters is 2. The highest BCUT2D eigenvalue weighted by molar-refractivity contribution is 5.86. The van der Waals surface area contributed by atoms with Crippen LogP contribution in [0.5, 0.6) is 11.5 Å². The summed E-state index contributed by atoms with van der Waals surface area (Å²) in [5.41, 5.74) is -0.704. The molecule has 0 amide bonds. The first kappa shape index (κ1) is 24.8. The Balaban J connectivity index is 0.00000450. The Hall–Kier alpha value is -3.28. The van der Waals surface area contributed by atoms with Crippen LogP contribution in [0.4, 0.5) is 13.2 Å². The molecule has 0 fully saturated rings. The molecule has 166 valence electrons. The van der Waals surface area contributed by atoms with E-state index in [9.17, 15) is 27.6 Å². The Morgan fingerprint density at radius 2 is 1.70 bits per heavy atom. The molecule has 3 N–H and O–H groups in total. The van der Waals surface area contributed by atoms with Crippen LogP contribution in [0.2, 0.25) is 0 Å². The summed E-state index contributed by atoms with van der Waals surface area (Å²) in [5, 5.41) is 0.250. The Kier molecular flexibility index (Phi) is 8.22. The first-order valence-electron chi connectivity index (χ1n) is 8.23. The van der Waals surface area contributed by atoms with Gasteiger partial charge in [0.05, 0.1) is 20.8 Å². The molecule has 0 aliphatic heterocycles. The number of halogens is 3. The van der Waals surface area contributed by atoms with Crippen molar-refractivity contribution in [3.63, 3.8) is 0 Å². The minimum Gasteiger partial charge on any atom is -0.493 e. The van der Waals surface area contributed by atoms with E-state index in [0.29, 0.717) is 0 Å². The number of methoxy groups -OCH3 is 2. The van der Waals surface area contributed by atoms with Crippen LogP contribution in [-0.2, 0) is 25.5 Å². The Labute approximate surface area is 168 Å². The molecular weight excluding hydrogens is 415 g/mol. The van der Waals surface area contributed by atoms with Crippen molar-refractivity contribution in [2.75, 3.05) is 20.8 Å². The molecule has 2 rings (SSSR count). The average Bonchev–Trinajstić information content (AvgIpc) is 2.65. The zero-order valence-corrected chi connectivity index (χ0v) is 16.3. The minimum absolute atomic E-state index is 0. The molecule has 9 nitrogen and oxygen atoms in total. The molecule has 2 aromatic rings. The summed E-state index contributed by atoms with van der Waals surface area (Å²) in [7, 11) is 2.72. The summed E-state index contributed by atoms with van der Waals surface area (Å²) >= 11 is 0. The topological polar surface area (TPSA) is 136 Å². The van der Waals surface area contributed by atoms with Gasteiger partial charge in [0.25, 0.3) is 0 Å². The van der Waals surface area contributed by atoms with E-state index in [-0.39, 0.29) is 40.8 Å². The number of ether oxygens (including phenoxy) is 4. The molecule has 0 saturated heterocycles. The number of rotatable bonds is 7. The largest absolute Gasteiger partial charge is 0.493 e. The highest BCUT2D eigenvalue weighted by atomic mass is 19.4. The summed E-state index contributed by atoms with van der Waals surface area (Å²) in [4.78, 5) is 35.1. The van der Waals surface area contributed by atoms with Crippen LogP contribution >= 0.6 is 0 Å². The van der Waals surface area contributed by atoms with Crippen LogP contribution in [0.25, 0.3) is 11.0 Å². The normalized spacial score (nSPS) is 11.9. The van der Waals surface area contributed by atoms with E-state index in [1.54, 1.807) is 0 Å². The molecule has 0 saturated carbocycles. The fourth-order valence-electron chi connectivity index (χ4n) is 2.53. The second kappa shape index (κ2) is 9.96. The lowest BCUT2D eigenvalue weighted by atomic mass is 10.0. The summed E-state index contributed by atoms with van der Waals surface area (Å²) < 4.78 is 62.0. The molecule has 0 spiro atoms. The first-order chi connectivity index (χ1) is 13.6. The van der Waals surface area contributed by atoms with Crippen LogP contribution < -0.4 is 21.2 Å². The van der Waals surface area contributed by atoms with E-state index in [2.05, 4.69) is 9.47 Å². The highest BCUT2D eigenvalue weighted by Gasteiger charge is 2.43. The SMILES string of the molecule is CCOC(=O)[C@H](Cc1cc(=O)oc2cc(OC)c(OC)cc12)OC(=O)C(F)(F)F.N. The molecule has 1 aromatic heterocycles. The molecule has 0 radical (unpaired) electrons. The van der Waals surface area contributed by atoms with E-state index < -0.39 is 36.3 Å². The molecule has 1 aromatic carbocycles. The quantitative estimate of drug-likeness (QED) is 0.514. The fraction of sp³-hybridized carbons (Fsp3) is 0.389. The number of hydrogen-bond donors (Lipinski definition) is 1. The van der Waals surface area contributed by atoms with E-state index in [1.165, 1.54) is 33.3 Å². The smallest absolute Gasteiger partial charge is 0.490 e. The highest BCUT2D eigenvalue weighted by Crippen LogP contribution is 2.33. The lowest BCUT2D eigenvalue weighted by Crippen LogP contribution is -2.36. The third-order valence-corrected chi connectivity index (χ3v) is 3.77. The van der Waals surface area contributed by atoms with Gasteiger partial charge >= 0.3 is 23.7 Å². The fourth-order valence-corrected chi connectivity index (χ4v) is 2.53. The second-order valence-corrected chi connectivity index (χ2v) is 5.64. The Bertz CT molecular complexity index is 970. The number of carbonyl (C=O) groups excluding carboxylic acids is 2. The van der Waals surface area contributed by atoms with E-state index in [4.69, 9.17) is 13.9 Å². The maximum Gasteiger partial charge on any atom is 0.490 e. The van der Waals surface area contributed by atoms with Gasteiger partial charge in [0.2, 0.25) is 6.10 Å². The van der Waals surface area contributed by atoms with Gasteiger partial charge in [0.1, 0.15) is 5.58 Å². The summed E-state index contributed by atoms with van der Waals surface area (Å²) in [6.07, 6.45) is -7.79. The Morgan fingerprint density at radius 1 is 1.10 bits per heavy atom. The van der Waals surface area contributed by atoms with Gasteiger partial charge in [0.15, 0.2) is 11.5 Å². The van der Waals surface area contributed by atoms with Crippen LogP contribution in [0.3, 0.4) is 0 Å². The summed E-state index contributed by atoms with van der Waals surface area (Å²) in [6.45, 7) is 1.28. The van der Waals surface area contributed by atoms with Crippen LogP contribution in [0, 0.1) is 0 Å². The number of benzene rings is 1. The Morgan fingerprint density at radius 3 is 2.23 bits per heavy atom. The van der Waals surface area contributed by atoms with Crippen LogP contribution in [0.1, 0.15) is 12.5 Å². The number of carbonyl (C=O) groups is 2. The van der Waals surface area contributed by atoms with Crippen molar-refractivity contribution in [2.45, 2.75) is 25.6 Å². The average molecular weight is 435 g/mol. The van der Waals surface area contributed by atoms with Crippen molar-refractivity contribution in [3.8, 4) is 11.5 Å². The molecule has 30 heavy (non-hydrogen) atoms. The maximum absolute atomic E-state index is 12.6. The lowest BCUT2D eigenvalue weighted by Gasteiger charge is -2.18. The van der Waals surface area contributed by atoms with Crippen molar-refractivity contribution < 1.29 is 46.1 Å². The molecule has 0 aliphatic rings. The predicted octanol–water partition coefficient (Wildman–Crippen LogP) is 2.55. The zero-order chi connectivity index (χ0) is 21.8. The molecule has 0 unspecified atom stereocenters. The van der Waals surface area contributed by atoms with Gasteiger partial charge in [-0.2, -0.15) is 13.2 Å². The summed E-state index contributed by atoms with van der Waals surface area (Å²) in [6, 6.07) is 3.74. The molecular formula is C18H20F3NO8. The monoisotopic (exact) mass is 435 g/mol. The standard InChI is InChI=1S/C18H17F3O8.H3N/c1-4-27-16(23)14(29-17(24)18(19,20)21)5-9-6-15(22)28-11-8-13(26-3)12(25-2)7-10(9)11;/h6-8,14H,4-5H2,1-3H3;1H3/t14-;/m0./s1. The maximum atomic E-state index is 12.6. The van der Waals surface area contributed by atoms with Gasteiger partial charge in [-0.3, -0.25) is 0 Å². The molecule has 0 bridgehead atoms. The van der Waals surface area contributed by atoms with E-state index in [0.717, 1.165) is 6.07 Å². The third kappa shape index (κ3) is 5.63. The third-order valence-electron chi connectivity index (χ3n) is 3.77. The number of fused-ring (bicyclic) bond motifs is 1. The van der Waals surface area contributed by atoms with Crippen molar-refractivity contribution >= 4 is 22.9 Å². The lowest BCUT2D eigenvalue weighted by molar-refractivity contribution is -0.208. The van der Waals surface area contributed by atoms with Gasteiger partial charge in [-0.1, -0.05) is 0 Å². The molecule has 1 atom stereocenters. The van der Waals surface area contributed by atoms with Gasteiger partial charge in [-0.15, -0.1) is 0 Å². The predicted molar refractivity (Wildman–Crippen MR) is 96.9 cm³/mol. The van der Waals surface area contributed by atoms with Crippen molar-refractivity contribution in [2.24, 2.45) is 0 Å². The van der Waals surface area contributed by atoms with Crippen molar-refractivity contribution in [1.29, 1.82) is 0 Å². The summed E-state index contributed by atoms with van der Waals surface area (Å²) in [5.74, 6) is -3.25. The van der Waals surface area contributed by atoms with Crippen LogP contribution in [0.15, 0.2) is 27.4 Å². The first-order valence-corrected chi connectivity index (χ1v) is 8.23. The second-order valence-electron chi connectivity index (χ2n) is 5.64. The van der Waals surface area contributed by atoms with Crippen molar-refractivity contribution in [1.82, 2.24) is 6.15 Å². The molecule has 0 aliphatic carbocycles. The zero-order valence-electron chi connectivity index (χ0n) is 16.3. The van der Waals surface area contributed by atoms with Gasteiger partial charge < -0.3 is 29.5 Å². The van der Waals surface area contributed by atoms with E-state index >= 15 is 0 Å². The van der Waals surface area contributed by atoms with E-state index in [1.807, 2.05) is 0 Å². The van der Waals surface area contributed by atoms with Crippen LogP contribution in [-0.4, -0.2) is 45.0 Å². The van der Waals surface area contributed by atoms with Gasteiger partial charge in [0, 0.05) is 23.9 Å². The number of hydrogen-bond acceptors (Lipinski definition) is 9. The van der Waals surface area contributed by atoms with Gasteiger partial charge in [-0.25, -0.2) is 14.4 Å². The minimum atomic E-state index is -5.31. The molecule has 12 heteroatoms. The van der Waals surface area contributed by atoms with Crippen molar-refractivity contribution in [3.05, 3.63) is 34.2 Å². The van der Waals surface area contributed by atoms with Gasteiger partial charge in [-0.05, 0) is 18.6 Å². The molecule has 1 heterocycles. The number of alkyl halides is 3.